The number of rotatable bonds is 4. The summed E-state index contributed by atoms with van der Waals surface area (Å²) < 4.78 is 0. The number of hydrogen-bond donors (Lipinski definition) is 1. The third-order valence-corrected chi connectivity index (χ3v) is 2.13. The van der Waals surface area contributed by atoms with Crippen LogP contribution in [0.15, 0.2) is 0 Å². The molecule has 1 aromatic rings. The van der Waals surface area contributed by atoms with Gasteiger partial charge in [0.2, 0.25) is 0 Å². The van der Waals surface area contributed by atoms with Gasteiger partial charge < -0.3 is 5.11 Å². The van der Waals surface area contributed by atoms with E-state index in [1.807, 2.05) is 13.8 Å². The van der Waals surface area contributed by atoms with E-state index in [4.69, 9.17) is 0 Å². The standard InChI is InChI=1S/C8H16N4O/c1-4-7(13)6(2)5-8-9-11-12(3)10-8/h6-7,13H,4-5H2,1-3H3. The van der Waals surface area contributed by atoms with Gasteiger partial charge in [0.1, 0.15) is 0 Å². The number of hydrogen-bond acceptors (Lipinski definition) is 4. The summed E-state index contributed by atoms with van der Waals surface area (Å²) in [6.45, 7) is 3.95. The topological polar surface area (TPSA) is 63.8 Å². The first-order valence-corrected chi connectivity index (χ1v) is 4.54. The van der Waals surface area contributed by atoms with E-state index in [1.165, 1.54) is 4.80 Å². The van der Waals surface area contributed by atoms with E-state index in [1.54, 1.807) is 7.05 Å². The van der Waals surface area contributed by atoms with Crippen LogP contribution in [0.3, 0.4) is 0 Å². The SMILES string of the molecule is CCC(O)C(C)Cc1nnn(C)n1. The number of aliphatic hydroxyl groups is 1. The fourth-order valence-electron chi connectivity index (χ4n) is 1.23. The maximum atomic E-state index is 9.51. The highest BCUT2D eigenvalue weighted by atomic mass is 16.3. The van der Waals surface area contributed by atoms with Crippen molar-refractivity contribution in [3.8, 4) is 0 Å². The van der Waals surface area contributed by atoms with E-state index in [0.717, 1.165) is 6.42 Å². The van der Waals surface area contributed by atoms with E-state index in [-0.39, 0.29) is 12.0 Å². The van der Waals surface area contributed by atoms with Crippen LogP contribution in [-0.2, 0) is 13.5 Å². The molecule has 5 heteroatoms. The Morgan fingerprint density at radius 3 is 2.69 bits per heavy atom. The molecule has 0 aliphatic rings. The minimum absolute atomic E-state index is 0.189. The van der Waals surface area contributed by atoms with E-state index >= 15 is 0 Å². The molecule has 2 unspecified atom stereocenters. The van der Waals surface area contributed by atoms with Crippen LogP contribution < -0.4 is 0 Å². The molecule has 0 saturated carbocycles. The van der Waals surface area contributed by atoms with Crippen LogP contribution in [0.4, 0.5) is 0 Å². The summed E-state index contributed by atoms with van der Waals surface area (Å²) in [7, 11) is 1.73. The molecule has 0 amide bonds. The van der Waals surface area contributed by atoms with Gasteiger partial charge in [-0.3, -0.25) is 0 Å². The van der Waals surface area contributed by atoms with Gasteiger partial charge in [0, 0.05) is 6.42 Å². The predicted octanol–water partition coefficient (Wildman–Crippen LogP) is 0.160. The molecule has 1 aromatic heterocycles. The summed E-state index contributed by atoms with van der Waals surface area (Å²) >= 11 is 0. The lowest BCUT2D eigenvalue weighted by molar-refractivity contribution is 0.111. The van der Waals surface area contributed by atoms with Crippen LogP contribution in [0.5, 0.6) is 0 Å². The minimum atomic E-state index is -0.274. The molecule has 0 bridgehead atoms. The quantitative estimate of drug-likeness (QED) is 0.724. The zero-order chi connectivity index (χ0) is 9.84. The Morgan fingerprint density at radius 2 is 2.23 bits per heavy atom. The monoisotopic (exact) mass is 184 g/mol. The van der Waals surface area contributed by atoms with Gasteiger partial charge in [0.25, 0.3) is 0 Å². The van der Waals surface area contributed by atoms with Gasteiger partial charge in [0.15, 0.2) is 5.82 Å². The first kappa shape index (κ1) is 10.1. The van der Waals surface area contributed by atoms with E-state index in [2.05, 4.69) is 15.4 Å². The Balaban J connectivity index is 2.49. The molecule has 0 spiro atoms. The van der Waals surface area contributed by atoms with Crippen molar-refractivity contribution in [1.82, 2.24) is 20.2 Å². The van der Waals surface area contributed by atoms with Gasteiger partial charge in [0.05, 0.1) is 13.2 Å². The molecule has 13 heavy (non-hydrogen) atoms. The average molecular weight is 184 g/mol. The van der Waals surface area contributed by atoms with Crippen molar-refractivity contribution in [2.24, 2.45) is 13.0 Å². The van der Waals surface area contributed by atoms with E-state index in [9.17, 15) is 5.11 Å². The summed E-state index contributed by atoms with van der Waals surface area (Å²) in [5, 5.41) is 21.2. The zero-order valence-electron chi connectivity index (χ0n) is 8.30. The summed E-state index contributed by atoms with van der Waals surface area (Å²) in [4.78, 5) is 1.43. The molecule has 74 valence electrons. The third kappa shape index (κ3) is 2.77. The van der Waals surface area contributed by atoms with Gasteiger partial charge in [-0.25, -0.2) is 0 Å². The molecule has 0 aliphatic carbocycles. The van der Waals surface area contributed by atoms with Crippen LogP contribution in [-0.4, -0.2) is 31.4 Å². The highest BCUT2D eigenvalue weighted by Crippen LogP contribution is 2.10. The Morgan fingerprint density at radius 1 is 1.54 bits per heavy atom. The second-order valence-corrected chi connectivity index (χ2v) is 3.35. The lowest BCUT2D eigenvalue weighted by atomic mass is 9.99. The summed E-state index contributed by atoms with van der Waals surface area (Å²) in [6.07, 6.45) is 1.17. The molecular formula is C8H16N4O. The van der Waals surface area contributed by atoms with Crippen molar-refractivity contribution < 1.29 is 5.11 Å². The van der Waals surface area contributed by atoms with Crippen molar-refractivity contribution >= 4 is 0 Å². The van der Waals surface area contributed by atoms with Crippen molar-refractivity contribution in [3.63, 3.8) is 0 Å². The largest absolute Gasteiger partial charge is 0.393 e. The fraction of sp³-hybridized carbons (Fsp3) is 0.875. The van der Waals surface area contributed by atoms with Crippen LogP contribution in [0.1, 0.15) is 26.1 Å². The molecule has 1 rings (SSSR count). The van der Waals surface area contributed by atoms with Crippen molar-refractivity contribution in [2.45, 2.75) is 32.8 Å². The molecule has 2 atom stereocenters. The molecule has 0 radical (unpaired) electrons. The van der Waals surface area contributed by atoms with E-state index < -0.39 is 0 Å². The zero-order valence-corrected chi connectivity index (χ0v) is 8.30. The number of aromatic nitrogens is 4. The summed E-state index contributed by atoms with van der Waals surface area (Å²) in [5.41, 5.74) is 0. The van der Waals surface area contributed by atoms with Crippen LogP contribution in [0.25, 0.3) is 0 Å². The molecule has 1 heterocycles. The molecule has 1 N–H and O–H groups in total. The number of tetrazole rings is 1. The van der Waals surface area contributed by atoms with Crippen molar-refractivity contribution in [1.29, 1.82) is 0 Å². The average Bonchev–Trinajstić information content (AvgIpc) is 2.49. The number of nitrogens with zero attached hydrogens (tertiary/aromatic N) is 4. The Hall–Kier alpha value is -0.970. The highest BCUT2D eigenvalue weighted by molar-refractivity contribution is 4.81. The van der Waals surface area contributed by atoms with Gasteiger partial charge in [-0.2, -0.15) is 4.80 Å². The molecule has 5 nitrogen and oxygen atoms in total. The fourth-order valence-corrected chi connectivity index (χ4v) is 1.23. The summed E-state index contributed by atoms with van der Waals surface area (Å²) in [5.74, 6) is 0.886. The smallest absolute Gasteiger partial charge is 0.175 e. The predicted molar refractivity (Wildman–Crippen MR) is 48.0 cm³/mol. The van der Waals surface area contributed by atoms with Gasteiger partial charge in [-0.15, -0.1) is 10.2 Å². The number of aryl methyl sites for hydroxylation is 1. The highest BCUT2D eigenvalue weighted by Gasteiger charge is 2.14. The molecule has 0 aliphatic heterocycles. The second kappa shape index (κ2) is 4.32. The van der Waals surface area contributed by atoms with Gasteiger partial charge in [-0.1, -0.05) is 13.8 Å². The van der Waals surface area contributed by atoms with Crippen molar-refractivity contribution in [3.05, 3.63) is 5.82 Å². The first-order valence-electron chi connectivity index (χ1n) is 4.54. The van der Waals surface area contributed by atoms with Gasteiger partial charge >= 0.3 is 0 Å². The van der Waals surface area contributed by atoms with Crippen LogP contribution in [0, 0.1) is 5.92 Å². The third-order valence-electron chi connectivity index (χ3n) is 2.13. The number of aliphatic hydroxyl groups excluding tert-OH is 1. The summed E-state index contributed by atoms with van der Waals surface area (Å²) in [6, 6.07) is 0. The maximum Gasteiger partial charge on any atom is 0.175 e. The lowest BCUT2D eigenvalue weighted by Gasteiger charge is -2.14. The van der Waals surface area contributed by atoms with E-state index in [0.29, 0.717) is 12.2 Å². The van der Waals surface area contributed by atoms with Crippen LogP contribution >= 0.6 is 0 Å². The minimum Gasteiger partial charge on any atom is -0.393 e. The molecular weight excluding hydrogens is 168 g/mol. The lowest BCUT2D eigenvalue weighted by Crippen LogP contribution is -2.19. The molecule has 0 saturated heterocycles. The first-order chi connectivity index (χ1) is 6.13. The normalized spacial score (nSPS) is 15.7. The maximum absolute atomic E-state index is 9.51. The van der Waals surface area contributed by atoms with Crippen LogP contribution in [0.2, 0.25) is 0 Å². The van der Waals surface area contributed by atoms with Gasteiger partial charge in [-0.05, 0) is 17.6 Å². The Bertz CT molecular complexity index is 260. The van der Waals surface area contributed by atoms with Crippen molar-refractivity contribution in [2.75, 3.05) is 0 Å². The molecule has 0 fully saturated rings. The molecule has 0 aromatic carbocycles. The Kier molecular flexibility index (Phi) is 3.36. The second-order valence-electron chi connectivity index (χ2n) is 3.35. The Labute approximate surface area is 77.8 Å².